The van der Waals surface area contributed by atoms with E-state index in [0.29, 0.717) is 11.1 Å². The Balaban J connectivity index is 1.51. The molecule has 4 rings (SSSR count). The molecule has 34 heavy (non-hydrogen) atoms. The fraction of sp³-hybridized carbons (Fsp3) is 0.231. The number of hydrogen-bond donors (Lipinski definition) is 2. The molecule has 1 aliphatic carbocycles. The summed E-state index contributed by atoms with van der Waals surface area (Å²) in [5, 5.41) is 5.32. The molecular weight excluding hydrogens is 434 g/mol. The molecule has 8 nitrogen and oxygen atoms in total. The van der Waals surface area contributed by atoms with E-state index < -0.39 is 11.9 Å². The Bertz CT molecular complexity index is 1210. The van der Waals surface area contributed by atoms with E-state index in [4.69, 9.17) is 0 Å². The molecule has 0 atom stereocenters. The Hall–Kier alpha value is -4.20. The maximum absolute atomic E-state index is 13.0. The molecule has 0 spiro atoms. The van der Waals surface area contributed by atoms with Crippen LogP contribution in [0.15, 0.2) is 67.0 Å². The highest BCUT2D eigenvalue weighted by molar-refractivity contribution is 6.08. The van der Waals surface area contributed by atoms with Gasteiger partial charge < -0.3 is 15.4 Å². The van der Waals surface area contributed by atoms with Gasteiger partial charge in [-0.25, -0.2) is 4.79 Å². The summed E-state index contributed by atoms with van der Waals surface area (Å²) in [6.07, 6.45) is 3.18. The third kappa shape index (κ3) is 4.34. The van der Waals surface area contributed by atoms with Crippen LogP contribution in [0.1, 0.15) is 45.5 Å². The van der Waals surface area contributed by atoms with Crippen LogP contribution in [0, 0.1) is 0 Å². The first-order valence-corrected chi connectivity index (χ1v) is 10.9. The third-order valence-corrected chi connectivity index (χ3v) is 6.15. The van der Waals surface area contributed by atoms with E-state index in [1.165, 1.54) is 12.0 Å². The van der Waals surface area contributed by atoms with Gasteiger partial charge in [0.15, 0.2) is 0 Å². The SMILES string of the molecule is C=C(NC(=O)C(=C)N1Cc2c(cccc2-c2ccc(C(=O)NC3CCC3)cc2)C1=O)C(=O)OC. The summed E-state index contributed by atoms with van der Waals surface area (Å²) in [5.41, 5.74) is 3.11. The van der Waals surface area contributed by atoms with Crippen LogP contribution in [-0.4, -0.2) is 41.7 Å². The summed E-state index contributed by atoms with van der Waals surface area (Å²) in [6.45, 7) is 7.33. The van der Waals surface area contributed by atoms with Crippen LogP contribution in [0.25, 0.3) is 11.1 Å². The van der Waals surface area contributed by atoms with E-state index in [-0.39, 0.29) is 35.8 Å². The molecule has 2 aromatic carbocycles. The van der Waals surface area contributed by atoms with Crippen LogP contribution in [0.2, 0.25) is 0 Å². The van der Waals surface area contributed by atoms with Crippen LogP contribution < -0.4 is 10.6 Å². The molecule has 0 radical (unpaired) electrons. The summed E-state index contributed by atoms with van der Waals surface area (Å²) in [7, 11) is 1.17. The molecule has 3 amide bonds. The number of nitrogens with zero attached hydrogens (tertiary/aromatic N) is 1. The largest absolute Gasteiger partial charge is 0.464 e. The van der Waals surface area contributed by atoms with Crippen molar-refractivity contribution in [3.05, 3.63) is 83.7 Å². The third-order valence-electron chi connectivity index (χ3n) is 6.15. The number of nitrogens with one attached hydrogen (secondary N) is 2. The van der Waals surface area contributed by atoms with Crippen molar-refractivity contribution >= 4 is 23.7 Å². The van der Waals surface area contributed by atoms with Crippen molar-refractivity contribution in [1.29, 1.82) is 0 Å². The van der Waals surface area contributed by atoms with Crippen LogP contribution in [0.3, 0.4) is 0 Å². The lowest BCUT2D eigenvalue weighted by molar-refractivity contribution is -0.137. The summed E-state index contributed by atoms with van der Waals surface area (Å²) < 4.78 is 4.52. The van der Waals surface area contributed by atoms with Gasteiger partial charge in [0.25, 0.3) is 17.7 Å². The number of benzene rings is 2. The summed E-state index contributed by atoms with van der Waals surface area (Å²) in [4.78, 5) is 50.7. The van der Waals surface area contributed by atoms with Crippen molar-refractivity contribution < 1.29 is 23.9 Å². The number of hydrogen-bond acceptors (Lipinski definition) is 5. The average molecular weight is 460 g/mol. The molecule has 0 saturated heterocycles. The lowest BCUT2D eigenvalue weighted by Gasteiger charge is -2.26. The summed E-state index contributed by atoms with van der Waals surface area (Å²) >= 11 is 0. The minimum absolute atomic E-state index is 0.0910. The fourth-order valence-corrected chi connectivity index (χ4v) is 3.95. The van der Waals surface area contributed by atoms with Crippen molar-refractivity contribution in [1.82, 2.24) is 15.5 Å². The van der Waals surface area contributed by atoms with Gasteiger partial charge in [0.2, 0.25) is 0 Å². The number of rotatable bonds is 7. The summed E-state index contributed by atoms with van der Waals surface area (Å²) in [5.74, 6) is -1.96. The lowest BCUT2D eigenvalue weighted by atomic mass is 9.92. The van der Waals surface area contributed by atoms with Crippen molar-refractivity contribution in [3.8, 4) is 11.1 Å². The molecule has 2 aromatic rings. The molecule has 8 heteroatoms. The fourth-order valence-electron chi connectivity index (χ4n) is 3.95. The minimum atomic E-state index is -0.788. The predicted octanol–water partition coefficient (Wildman–Crippen LogP) is 2.91. The van der Waals surface area contributed by atoms with Crippen molar-refractivity contribution in [2.24, 2.45) is 0 Å². The molecule has 1 heterocycles. The molecule has 0 aromatic heterocycles. The maximum Gasteiger partial charge on any atom is 0.353 e. The molecule has 1 fully saturated rings. The Labute approximate surface area is 197 Å². The molecule has 2 aliphatic rings. The zero-order chi connectivity index (χ0) is 24.4. The van der Waals surface area contributed by atoms with Gasteiger partial charge >= 0.3 is 5.97 Å². The zero-order valence-corrected chi connectivity index (χ0v) is 18.8. The van der Waals surface area contributed by atoms with E-state index in [2.05, 4.69) is 28.5 Å². The van der Waals surface area contributed by atoms with E-state index in [0.717, 1.165) is 36.0 Å². The zero-order valence-electron chi connectivity index (χ0n) is 18.8. The summed E-state index contributed by atoms with van der Waals surface area (Å²) in [6, 6.07) is 12.8. The lowest BCUT2D eigenvalue weighted by Crippen LogP contribution is -2.39. The van der Waals surface area contributed by atoms with Gasteiger partial charge in [-0.2, -0.15) is 0 Å². The molecular formula is C26H25N3O5. The molecule has 1 saturated carbocycles. The molecule has 174 valence electrons. The highest BCUT2D eigenvalue weighted by Gasteiger charge is 2.33. The number of carbonyl (C=O) groups is 4. The highest BCUT2D eigenvalue weighted by atomic mass is 16.5. The Morgan fingerprint density at radius 1 is 1.03 bits per heavy atom. The molecule has 1 aliphatic heterocycles. The number of fused-ring (bicyclic) bond motifs is 1. The van der Waals surface area contributed by atoms with Crippen LogP contribution in [0.4, 0.5) is 0 Å². The smallest absolute Gasteiger partial charge is 0.353 e. The van der Waals surface area contributed by atoms with Gasteiger partial charge in [-0.15, -0.1) is 0 Å². The number of esters is 1. The number of ether oxygens (including phenoxy) is 1. The van der Waals surface area contributed by atoms with Crippen LogP contribution in [-0.2, 0) is 20.9 Å². The van der Waals surface area contributed by atoms with Gasteiger partial charge in [0.05, 0.1) is 13.7 Å². The first kappa shape index (κ1) is 23.0. The van der Waals surface area contributed by atoms with Gasteiger partial charge in [-0.05, 0) is 54.2 Å². The Morgan fingerprint density at radius 3 is 2.32 bits per heavy atom. The minimum Gasteiger partial charge on any atom is -0.464 e. The van der Waals surface area contributed by atoms with E-state index in [1.54, 1.807) is 24.3 Å². The van der Waals surface area contributed by atoms with Crippen LogP contribution in [0.5, 0.6) is 0 Å². The van der Waals surface area contributed by atoms with Crippen molar-refractivity contribution in [2.45, 2.75) is 31.8 Å². The van der Waals surface area contributed by atoms with E-state index >= 15 is 0 Å². The Kier molecular flexibility index (Phi) is 6.32. The van der Waals surface area contributed by atoms with Gasteiger partial charge in [-0.3, -0.25) is 19.3 Å². The van der Waals surface area contributed by atoms with Crippen molar-refractivity contribution in [3.63, 3.8) is 0 Å². The van der Waals surface area contributed by atoms with E-state index in [9.17, 15) is 19.2 Å². The van der Waals surface area contributed by atoms with Gasteiger partial charge in [-0.1, -0.05) is 37.4 Å². The van der Waals surface area contributed by atoms with E-state index in [1.807, 2.05) is 18.2 Å². The topological polar surface area (TPSA) is 105 Å². The second kappa shape index (κ2) is 9.35. The van der Waals surface area contributed by atoms with Gasteiger partial charge in [0.1, 0.15) is 11.4 Å². The first-order chi connectivity index (χ1) is 16.3. The normalized spacial score (nSPS) is 14.6. The Morgan fingerprint density at radius 2 is 1.71 bits per heavy atom. The molecule has 2 N–H and O–H groups in total. The average Bonchev–Trinajstić information content (AvgIpc) is 3.16. The number of amides is 3. The molecule has 0 unspecified atom stereocenters. The quantitative estimate of drug-likeness (QED) is 0.489. The highest BCUT2D eigenvalue weighted by Crippen LogP contribution is 2.34. The second-order valence-corrected chi connectivity index (χ2v) is 8.27. The number of methoxy groups -OCH3 is 1. The van der Waals surface area contributed by atoms with Gasteiger partial charge in [0, 0.05) is 17.2 Å². The van der Waals surface area contributed by atoms with Crippen molar-refractivity contribution in [2.75, 3.05) is 7.11 Å². The number of carbonyl (C=O) groups excluding carboxylic acids is 4. The van der Waals surface area contributed by atoms with Crippen LogP contribution >= 0.6 is 0 Å². The standard InChI is InChI=1S/C26H25N3O5/c1-15(26(33)34-3)27-23(30)16(2)29-14-22-20(8-5-9-21(22)25(29)32)17-10-12-18(13-11-17)24(31)28-19-6-4-7-19/h5,8-13,19H,1-2,4,6-7,14H2,3H3,(H,27,30)(H,28,31). The molecule has 0 bridgehead atoms. The maximum atomic E-state index is 13.0. The monoisotopic (exact) mass is 459 g/mol. The predicted molar refractivity (Wildman–Crippen MR) is 125 cm³/mol. The first-order valence-electron chi connectivity index (χ1n) is 10.9. The second-order valence-electron chi connectivity index (χ2n) is 8.27.